The van der Waals surface area contributed by atoms with E-state index in [1.807, 2.05) is 6.92 Å². The Morgan fingerprint density at radius 1 is 1.60 bits per heavy atom. The molecule has 0 aromatic rings. The molecule has 0 atom stereocenters. The summed E-state index contributed by atoms with van der Waals surface area (Å²) in [5, 5.41) is 11.9. The fourth-order valence-electron chi connectivity index (χ4n) is 0.447. The van der Waals surface area contributed by atoms with Gasteiger partial charge in [0.1, 0.15) is 0 Å². The number of rotatable bonds is 4. The lowest BCUT2D eigenvalue weighted by Crippen LogP contribution is -2.36. The van der Waals surface area contributed by atoms with Crippen LogP contribution in [0.3, 0.4) is 0 Å². The van der Waals surface area contributed by atoms with Crippen molar-refractivity contribution in [1.82, 2.24) is 10.6 Å². The lowest BCUT2D eigenvalue weighted by molar-refractivity contribution is 0.887. The Balaban J connectivity index is 3.05. The first-order chi connectivity index (χ1) is 4.81. The van der Waals surface area contributed by atoms with Crippen molar-refractivity contribution < 1.29 is 0 Å². The number of nitrogens with one attached hydrogen (secondary N) is 2. The van der Waals surface area contributed by atoms with Crippen LogP contribution in [-0.2, 0) is 0 Å². The van der Waals surface area contributed by atoms with E-state index in [4.69, 9.17) is 17.4 Å². The van der Waals surface area contributed by atoms with Gasteiger partial charge in [0.2, 0.25) is 0 Å². The number of hydrogen-bond donors (Lipinski definition) is 3. The van der Waals surface area contributed by atoms with Gasteiger partial charge in [-0.05, 0) is 19.1 Å². The molecule has 0 radical (unpaired) electrons. The van der Waals surface area contributed by atoms with Crippen LogP contribution < -0.4 is 15.8 Å². The lowest BCUT2D eigenvalue weighted by atomic mass is 10.7. The minimum Gasteiger partial charge on any atom is -0.363 e. The summed E-state index contributed by atoms with van der Waals surface area (Å²) in [7, 11) is 0. The second-order valence-electron chi connectivity index (χ2n) is 1.66. The molecular formula is C5H13N3S2. The van der Waals surface area contributed by atoms with Crippen molar-refractivity contribution in [2.24, 2.45) is 5.14 Å². The van der Waals surface area contributed by atoms with Crippen molar-refractivity contribution in [2.45, 2.75) is 6.92 Å². The largest absolute Gasteiger partial charge is 0.363 e. The van der Waals surface area contributed by atoms with Gasteiger partial charge in [0.25, 0.3) is 0 Å². The monoisotopic (exact) mass is 179 g/mol. The maximum absolute atomic E-state index is 5.20. The average molecular weight is 179 g/mol. The lowest BCUT2D eigenvalue weighted by Gasteiger charge is -2.06. The normalized spacial score (nSPS) is 9.00. The summed E-state index contributed by atoms with van der Waals surface area (Å²) in [6.45, 7) is 3.69. The minimum atomic E-state index is 0.705. The summed E-state index contributed by atoms with van der Waals surface area (Å²) in [5.74, 6) is 0.880. The Morgan fingerprint density at radius 2 is 2.30 bits per heavy atom. The van der Waals surface area contributed by atoms with E-state index in [1.165, 1.54) is 11.9 Å². The molecule has 0 bridgehead atoms. The first-order valence-electron chi connectivity index (χ1n) is 3.14. The molecule has 60 valence electrons. The van der Waals surface area contributed by atoms with Crippen molar-refractivity contribution in [3.8, 4) is 0 Å². The molecule has 0 unspecified atom stereocenters. The fourth-order valence-corrected chi connectivity index (χ4v) is 0.913. The molecule has 10 heavy (non-hydrogen) atoms. The first kappa shape index (κ1) is 10.0. The summed E-state index contributed by atoms with van der Waals surface area (Å²) < 4.78 is 0. The number of thiocarbonyl (C=S) groups is 1. The zero-order chi connectivity index (χ0) is 7.82. The van der Waals surface area contributed by atoms with Gasteiger partial charge in [-0.3, -0.25) is 5.14 Å². The van der Waals surface area contributed by atoms with E-state index < -0.39 is 0 Å². The van der Waals surface area contributed by atoms with Crippen molar-refractivity contribution in [2.75, 3.05) is 18.8 Å². The number of hydrogen-bond acceptors (Lipinski definition) is 3. The predicted octanol–water partition coefficient (Wildman–Crippen LogP) is 0.0773. The van der Waals surface area contributed by atoms with Crippen molar-refractivity contribution in [3.05, 3.63) is 0 Å². The highest BCUT2D eigenvalue weighted by Gasteiger charge is 1.89. The molecule has 0 aliphatic carbocycles. The molecule has 4 N–H and O–H groups in total. The van der Waals surface area contributed by atoms with Crippen molar-refractivity contribution in [1.29, 1.82) is 0 Å². The highest BCUT2D eigenvalue weighted by molar-refractivity contribution is 7.97. The molecule has 0 spiro atoms. The topological polar surface area (TPSA) is 50.1 Å². The molecular weight excluding hydrogens is 166 g/mol. The van der Waals surface area contributed by atoms with Crippen LogP contribution in [0.1, 0.15) is 6.92 Å². The molecule has 5 heteroatoms. The second-order valence-corrected chi connectivity index (χ2v) is 2.81. The first-order valence-corrected chi connectivity index (χ1v) is 4.60. The van der Waals surface area contributed by atoms with Gasteiger partial charge in [0.15, 0.2) is 5.11 Å². The van der Waals surface area contributed by atoms with Gasteiger partial charge in [-0.15, -0.1) is 0 Å². The summed E-state index contributed by atoms with van der Waals surface area (Å²) in [6.07, 6.45) is 0. The van der Waals surface area contributed by atoms with Crippen LogP contribution in [-0.4, -0.2) is 24.0 Å². The Hall–Kier alpha value is -0.0000000000000000763. The summed E-state index contributed by atoms with van der Waals surface area (Å²) in [6, 6.07) is 0. The third kappa shape index (κ3) is 6.12. The van der Waals surface area contributed by atoms with Crippen LogP contribution in [0, 0.1) is 0 Å². The van der Waals surface area contributed by atoms with Gasteiger partial charge in [-0.1, -0.05) is 11.9 Å². The van der Waals surface area contributed by atoms with Gasteiger partial charge in [0, 0.05) is 18.8 Å². The Morgan fingerprint density at radius 3 is 2.80 bits per heavy atom. The molecule has 0 fully saturated rings. The molecule has 0 aliphatic heterocycles. The molecule has 0 heterocycles. The second kappa shape index (κ2) is 7.11. The smallest absolute Gasteiger partial charge is 0.166 e. The van der Waals surface area contributed by atoms with Crippen molar-refractivity contribution >= 4 is 29.3 Å². The quantitative estimate of drug-likeness (QED) is 0.324. The Labute approximate surface area is 71.3 Å². The third-order valence-electron chi connectivity index (χ3n) is 0.843. The fraction of sp³-hybridized carbons (Fsp3) is 0.800. The summed E-state index contributed by atoms with van der Waals surface area (Å²) in [5.41, 5.74) is 0. The highest BCUT2D eigenvalue weighted by Crippen LogP contribution is 1.80. The Kier molecular flexibility index (Phi) is 7.11. The number of nitrogens with two attached hydrogens (primary N) is 1. The van der Waals surface area contributed by atoms with Crippen LogP contribution in [0.2, 0.25) is 0 Å². The molecule has 0 aromatic carbocycles. The maximum Gasteiger partial charge on any atom is 0.166 e. The van der Waals surface area contributed by atoms with E-state index in [0.717, 1.165) is 18.8 Å². The van der Waals surface area contributed by atoms with E-state index >= 15 is 0 Å². The van der Waals surface area contributed by atoms with Gasteiger partial charge in [-0.2, -0.15) is 0 Å². The maximum atomic E-state index is 5.20. The third-order valence-corrected chi connectivity index (χ3v) is 1.57. The standard InChI is InChI=1S/C5H13N3S2/c1-2-7-5(9)8-3-4-10-6/h2-4,6H2,1H3,(H2,7,8,9). The van der Waals surface area contributed by atoms with E-state index in [1.54, 1.807) is 0 Å². The molecule has 0 aromatic heterocycles. The van der Waals surface area contributed by atoms with Gasteiger partial charge in [-0.25, -0.2) is 0 Å². The van der Waals surface area contributed by atoms with E-state index in [2.05, 4.69) is 10.6 Å². The van der Waals surface area contributed by atoms with Gasteiger partial charge in [0.05, 0.1) is 0 Å². The van der Waals surface area contributed by atoms with E-state index in [9.17, 15) is 0 Å². The minimum absolute atomic E-state index is 0.705. The van der Waals surface area contributed by atoms with Crippen molar-refractivity contribution in [3.63, 3.8) is 0 Å². The SMILES string of the molecule is CCNC(=S)NCCSN. The highest BCUT2D eigenvalue weighted by atomic mass is 32.2. The Bertz CT molecular complexity index is 96.9. The summed E-state index contributed by atoms with van der Waals surface area (Å²) in [4.78, 5) is 0. The molecule has 0 amide bonds. The van der Waals surface area contributed by atoms with E-state index in [0.29, 0.717) is 5.11 Å². The van der Waals surface area contributed by atoms with Crippen LogP contribution in [0.5, 0.6) is 0 Å². The molecule has 0 aliphatic rings. The molecule has 3 nitrogen and oxygen atoms in total. The predicted molar refractivity (Wildman–Crippen MR) is 50.9 cm³/mol. The molecule has 0 rings (SSSR count). The average Bonchev–Trinajstić information content (AvgIpc) is 1.89. The molecule has 0 saturated heterocycles. The summed E-state index contributed by atoms with van der Waals surface area (Å²) >= 11 is 6.21. The zero-order valence-electron chi connectivity index (χ0n) is 6.02. The molecule has 0 saturated carbocycles. The van der Waals surface area contributed by atoms with Crippen LogP contribution in [0.25, 0.3) is 0 Å². The van der Waals surface area contributed by atoms with Gasteiger partial charge >= 0.3 is 0 Å². The van der Waals surface area contributed by atoms with Gasteiger partial charge < -0.3 is 10.6 Å². The van der Waals surface area contributed by atoms with Crippen LogP contribution in [0.15, 0.2) is 0 Å². The zero-order valence-corrected chi connectivity index (χ0v) is 7.65. The van der Waals surface area contributed by atoms with Crippen LogP contribution in [0.4, 0.5) is 0 Å². The van der Waals surface area contributed by atoms with Crippen LogP contribution >= 0.6 is 24.2 Å². The van der Waals surface area contributed by atoms with E-state index in [-0.39, 0.29) is 0 Å².